The molecular weight excluding hydrogens is 587 g/mol. The Kier molecular flexibility index (Phi) is 5.81. The molecule has 0 saturated carbocycles. The lowest BCUT2D eigenvalue weighted by Gasteiger charge is -2.13. The zero-order valence-corrected chi connectivity index (χ0v) is 25.8. The monoisotopic (exact) mass is 613 g/mol. The van der Waals surface area contributed by atoms with Crippen molar-refractivity contribution in [2.24, 2.45) is 0 Å². The van der Waals surface area contributed by atoms with Gasteiger partial charge in [0.1, 0.15) is 0 Å². The van der Waals surface area contributed by atoms with Crippen molar-refractivity contribution in [3.63, 3.8) is 0 Å². The van der Waals surface area contributed by atoms with Gasteiger partial charge in [-0.15, -0.1) is 0 Å². The van der Waals surface area contributed by atoms with Gasteiger partial charge in [0.05, 0.1) is 22.1 Å². The van der Waals surface area contributed by atoms with E-state index in [0.717, 1.165) is 54.7 Å². The first-order valence-corrected chi connectivity index (χ1v) is 16.1. The summed E-state index contributed by atoms with van der Waals surface area (Å²) in [5.41, 5.74) is 7.48. The van der Waals surface area contributed by atoms with Gasteiger partial charge in [-0.25, -0.2) is 0 Å². The van der Waals surface area contributed by atoms with E-state index in [4.69, 9.17) is 15.0 Å². The lowest BCUT2D eigenvalue weighted by Crippen LogP contribution is -2.10. The van der Waals surface area contributed by atoms with Gasteiger partial charge in [0.2, 0.25) is 11.9 Å². The summed E-state index contributed by atoms with van der Waals surface area (Å²) >= 11 is 0. The maximum atomic E-state index is 5.25. The normalized spacial score (nSPS) is 11.8. The van der Waals surface area contributed by atoms with E-state index < -0.39 is 0 Å². The zero-order valence-electron chi connectivity index (χ0n) is 25.8. The Morgan fingerprint density at radius 3 is 1.21 bits per heavy atom. The van der Waals surface area contributed by atoms with Crippen LogP contribution < -0.4 is 0 Å². The second kappa shape index (κ2) is 10.5. The van der Waals surface area contributed by atoms with Crippen molar-refractivity contribution in [1.82, 2.24) is 24.1 Å². The van der Waals surface area contributed by atoms with Crippen molar-refractivity contribution in [3.8, 4) is 34.4 Å². The van der Waals surface area contributed by atoms with E-state index in [1.54, 1.807) is 0 Å². The minimum atomic E-state index is 0.576. The Balaban J connectivity index is 1.23. The minimum absolute atomic E-state index is 0.576. The van der Waals surface area contributed by atoms with Crippen LogP contribution in [0.25, 0.3) is 88.8 Å². The fourth-order valence-corrected chi connectivity index (χ4v) is 7.23. The maximum Gasteiger partial charge on any atom is 0.240 e. The number of rotatable bonds is 4. The van der Waals surface area contributed by atoms with Gasteiger partial charge in [-0.05, 0) is 46.2 Å². The molecule has 0 atom stereocenters. The molecule has 224 valence electrons. The average Bonchev–Trinajstić information content (AvgIpc) is 3.68. The molecule has 0 amide bonds. The number of aromatic nitrogens is 5. The van der Waals surface area contributed by atoms with Crippen LogP contribution in [-0.4, -0.2) is 24.1 Å². The second-order valence-corrected chi connectivity index (χ2v) is 12.1. The predicted molar refractivity (Wildman–Crippen MR) is 197 cm³/mol. The van der Waals surface area contributed by atoms with Gasteiger partial charge in [-0.3, -0.25) is 9.13 Å². The van der Waals surface area contributed by atoms with Gasteiger partial charge in [0.15, 0.2) is 5.82 Å². The Bertz CT molecular complexity index is 2600. The molecule has 0 aliphatic heterocycles. The lowest BCUT2D eigenvalue weighted by molar-refractivity contribution is 0.893. The van der Waals surface area contributed by atoms with Crippen molar-refractivity contribution >= 4 is 54.4 Å². The van der Waals surface area contributed by atoms with Crippen LogP contribution in [0.1, 0.15) is 0 Å². The highest BCUT2D eigenvalue weighted by Gasteiger charge is 2.20. The minimum Gasteiger partial charge on any atom is -0.278 e. The van der Waals surface area contributed by atoms with E-state index in [1.165, 1.54) is 16.3 Å². The van der Waals surface area contributed by atoms with Crippen molar-refractivity contribution in [2.45, 2.75) is 0 Å². The van der Waals surface area contributed by atoms with Crippen LogP contribution in [0.15, 0.2) is 164 Å². The molecule has 0 radical (unpaired) electrons. The molecule has 0 aliphatic carbocycles. The van der Waals surface area contributed by atoms with Gasteiger partial charge >= 0.3 is 0 Å². The molecule has 5 nitrogen and oxygen atoms in total. The zero-order chi connectivity index (χ0) is 31.6. The number of hydrogen-bond donors (Lipinski definition) is 0. The fourth-order valence-electron chi connectivity index (χ4n) is 7.23. The molecule has 3 aromatic heterocycles. The molecule has 3 heterocycles. The Morgan fingerprint density at radius 2 is 0.708 bits per heavy atom. The van der Waals surface area contributed by atoms with Crippen LogP contribution in [0, 0.1) is 0 Å². The van der Waals surface area contributed by atoms with E-state index >= 15 is 0 Å². The van der Waals surface area contributed by atoms with Gasteiger partial charge < -0.3 is 0 Å². The van der Waals surface area contributed by atoms with Gasteiger partial charge in [-0.2, -0.15) is 15.0 Å². The van der Waals surface area contributed by atoms with Gasteiger partial charge in [0, 0.05) is 27.1 Å². The SMILES string of the molecule is c1ccc2c(-c3ccc(-c4nc(-n5c6ccccc6c6ccccc65)nc(-n5c6ccccc6c6ccccc65)n4)cc3)cccc2c1. The van der Waals surface area contributed by atoms with Crippen LogP contribution in [0.2, 0.25) is 0 Å². The summed E-state index contributed by atoms with van der Waals surface area (Å²) in [4.78, 5) is 15.6. The third-order valence-corrected chi connectivity index (χ3v) is 9.42. The van der Waals surface area contributed by atoms with Crippen molar-refractivity contribution in [1.29, 1.82) is 0 Å². The number of hydrogen-bond acceptors (Lipinski definition) is 3. The summed E-state index contributed by atoms with van der Waals surface area (Å²) in [5.74, 6) is 1.77. The second-order valence-electron chi connectivity index (χ2n) is 12.1. The van der Waals surface area contributed by atoms with Crippen molar-refractivity contribution < 1.29 is 0 Å². The topological polar surface area (TPSA) is 48.5 Å². The number of nitrogens with zero attached hydrogens (tertiary/aromatic N) is 5. The highest BCUT2D eigenvalue weighted by Crippen LogP contribution is 2.35. The smallest absolute Gasteiger partial charge is 0.240 e. The molecule has 0 fully saturated rings. The average molecular weight is 614 g/mol. The Labute approximate surface area is 276 Å². The van der Waals surface area contributed by atoms with Crippen LogP contribution in [0.3, 0.4) is 0 Å². The molecule has 0 saturated heterocycles. The van der Waals surface area contributed by atoms with Crippen LogP contribution in [0.4, 0.5) is 0 Å². The first kappa shape index (κ1) is 26.6. The Hall–Kier alpha value is -6.59. The summed E-state index contributed by atoms with van der Waals surface area (Å²) in [6, 6.07) is 57.4. The summed E-state index contributed by atoms with van der Waals surface area (Å²) < 4.78 is 4.33. The summed E-state index contributed by atoms with van der Waals surface area (Å²) in [6.45, 7) is 0. The molecule has 0 bridgehead atoms. The molecule has 0 spiro atoms. The summed E-state index contributed by atoms with van der Waals surface area (Å²) in [6.07, 6.45) is 0. The van der Waals surface area contributed by atoms with Gasteiger partial charge in [0.25, 0.3) is 0 Å². The predicted octanol–water partition coefficient (Wildman–Crippen LogP) is 10.6. The van der Waals surface area contributed by atoms with Crippen molar-refractivity contribution in [3.05, 3.63) is 164 Å². The molecule has 10 aromatic rings. The van der Waals surface area contributed by atoms with E-state index in [1.807, 2.05) is 0 Å². The Morgan fingerprint density at radius 1 is 0.312 bits per heavy atom. The first-order chi connectivity index (χ1) is 23.8. The van der Waals surface area contributed by atoms with Crippen LogP contribution >= 0.6 is 0 Å². The fraction of sp³-hybridized carbons (Fsp3) is 0. The number of fused-ring (bicyclic) bond motifs is 7. The summed E-state index contributed by atoms with van der Waals surface area (Å²) in [5, 5.41) is 7.10. The molecule has 7 aromatic carbocycles. The number of benzene rings is 7. The molecule has 0 N–H and O–H groups in total. The highest BCUT2D eigenvalue weighted by atomic mass is 15.3. The molecular formula is C43H27N5. The van der Waals surface area contributed by atoms with Crippen LogP contribution in [-0.2, 0) is 0 Å². The molecule has 0 aliphatic rings. The highest BCUT2D eigenvalue weighted by molar-refractivity contribution is 6.10. The largest absolute Gasteiger partial charge is 0.278 e. The van der Waals surface area contributed by atoms with Crippen molar-refractivity contribution in [2.75, 3.05) is 0 Å². The molecule has 48 heavy (non-hydrogen) atoms. The van der Waals surface area contributed by atoms with Gasteiger partial charge in [-0.1, -0.05) is 140 Å². The third kappa shape index (κ3) is 4.01. The maximum absolute atomic E-state index is 5.25. The lowest BCUT2D eigenvalue weighted by atomic mass is 9.97. The standard InChI is InChI=1S/C43H27N5/c1-2-14-31-28(12-1)13-11-19-32(31)29-24-26-30(27-25-29)41-44-42(47-37-20-7-3-15-33(37)34-16-4-8-21-38(34)47)46-43(45-41)48-39-22-9-5-17-35(39)36-18-6-10-23-40(36)48/h1-27H. The summed E-state index contributed by atoms with van der Waals surface area (Å²) in [7, 11) is 0. The third-order valence-electron chi connectivity index (χ3n) is 9.42. The van der Waals surface area contributed by atoms with E-state index in [9.17, 15) is 0 Å². The van der Waals surface area contributed by atoms with E-state index in [2.05, 4.69) is 173 Å². The first-order valence-electron chi connectivity index (χ1n) is 16.1. The molecule has 10 rings (SSSR count). The quantitative estimate of drug-likeness (QED) is 0.198. The van der Waals surface area contributed by atoms with Crippen LogP contribution in [0.5, 0.6) is 0 Å². The van der Waals surface area contributed by atoms with E-state index in [-0.39, 0.29) is 0 Å². The molecule has 0 unspecified atom stereocenters. The molecule has 5 heteroatoms. The van der Waals surface area contributed by atoms with E-state index in [0.29, 0.717) is 17.7 Å². The number of para-hydroxylation sites is 4.